The summed E-state index contributed by atoms with van der Waals surface area (Å²) in [7, 11) is 0. The molecule has 0 radical (unpaired) electrons. The van der Waals surface area contributed by atoms with Crippen molar-refractivity contribution in [1.29, 1.82) is 0 Å². The molecule has 0 atom stereocenters. The van der Waals surface area contributed by atoms with Gasteiger partial charge in [0, 0.05) is 19.1 Å². The minimum absolute atomic E-state index is 0.0477. The van der Waals surface area contributed by atoms with Crippen LogP contribution < -0.4 is 16.0 Å². The average Bonchev–Trinajstić information content (AvgIpc) is 2.30. The van der Waals surface area contributed by atoms with Gasteiger partial charge < -0.3 is 16.0 Å². The van der Waals surface area contributed by atoms with Crippen LogP contribution in [0.3, 0.4) is 0 Å². The van der Waals surface area contributed by atoms with Gasteiger partial charge in [0.1, 0.15) is 0 Å². The van der Waals surface area contributed by atoms with Crippen molar-refractivity contribution in [3.8, 4) is 0 Å². The smallest absolute Gasteiger partial charge is 0.278 e. The zero-order chi connectivity index (χ0) is 12.9. The topological polar surface area (TPSA) is 53.2 Å². The third kappa shape index (κ3) is 13.7. The van der Waals surface area contributed by atoms with E-state index in [9.17, 15) is 4.79 Å². The molecule has 0 heterocycles. The maximum Gasteiger partial charge on any atom is 0.278 e. The monoisotopic (exact) mass is 261 g/mol. The molecule has 0 rings (SSSR count). The Morgan fingerprint density at radius 3 is 2.41 bits per heavy atom. The standard InChI is InChI=1S/C12H27N3OS/c1-11(2)14-8-6-4-5-7-13-9-10-15-12(16)17-3/h11,13-14H,4-10H2,1-3H3,(H,15,16). The van der Waals surface area contributed by atoms with Gasteiger partial charge in [-0.3, -0.25) is 4.79 Å². The normalized spacial score (nSPS) is 10.8. The van der Waals surface area contributed by atoms with Crippen LogP contribution in [0.5, 0.6) is 0 Å². The molecule has 0 aliphatic rings. The molecule has 0 saturated carbocycles. The molecule has 3 N–H and O–H groups in total. The van der Waals surface area contributed by atoms with Crippen LogP contribution in [0.4, 0.5) is 4.79 Å². The van der Waals surface area contributed by atoms with Crippen molar-refractivity contribution in [3.05, 3.63) is 0 Å². The summed E-state index contributed by atoms with van der Waals surface area (Å²) >= 11 is 1.22. The number of hydrogen-bond donors (Lipinski definition) is 3. The summed E-state index contributed by atoms with van der Waals surface area (Å²) < 4.78 is 0. The van der Waals surface area contributed by atoms with Gasteiger partial charge in [0.2, 0.25) is 0 Å². The van der Waals surface area contributed by atoms with Crippen LogP contribution in [0.1, 0.15) is 33.1 Å². The average molecular weight is 261 g/mol. The van der Waals surface area contributed by atoms with Crippen molar-refractivity contribution >= 4 is 17.0 Å². The van der Waals surface area contributed by atoms with E-state index in [1.807, 2.05) is 0 Å². The predicted octanol–water partition coefficient (Wildman–Crippen LogP) is 1.82. The maximum atomic E-state index is 10.9. The molecule has 4 nitrogen and oxygen atoms in total. The molecule has 0 unspecified atom stereocenters. The van der Waals surface area contributed by atoms with Crippen LogP contribution in [-0.2, 0) is 0 Å². The highest BCUT2D eigenvalue weighted by Gasteiger charge is 1.95. The number of nitrogens with one attached hydrogen (secondary N) is 3. The first-order chi connectivity index (χ1) is 8.16. The second-order valence-electron chi connectivity index (χ2n) is 4.34. The molecule has 0 spiro atoms. The third-order valence-corrected chi connectivity index (χ3v) is 2.85. The number of rotatable bonds is 10. The molecule has 0 aliphatic heterocycles. The molecule has 17 heavy (non-hydrogen) atoms. The number of carbonyl (C=O) groups excluding carboxylic acids is 1. The van der Waals surface area contributed by atoms with E-state index in [2.05, 4.69) is 29.8 Å². The predicted molar refractivity (Wildman–Crippen MR) is 76.8 cm³/mol. The largest absolute Gasteiger partial charge is 0.346 e. The molecule has 1 amide bonds. The molecule has 5 heteroatoms. The Bertz CT molecular complexity index is 189. The van der Waals surface area contributed by atoms with E-state index in [0.717, 1.165) is 19.6 Å². The number of unbranched alkanes of at least 4 members (excludes halogenated alkanes) is 2. The molecule has 0 aromatic heterocycles. The Labute approximate surface area is 110 Å². The third-order valence-electron chi connectivity index (χ3n) is 2.34. The maximum absolute atomic E-state index is 10.9. The van der Waals surface area contributed by atoms with E-state index < -0.39 is 0 Å². The summed E-state index contributed by atoms with van der Waals surface area (Å²) in [6.07, 6.45) is 5.48. The quantitative estimate of drug-likeness (QED) is 0.525. The van der Waals surface area contributed by atoms with Crippen LogP contribution in [0.15, 0.2) is 0 Å². The Morgan fingerprint density at radius 2 is 1.76 bits per heavy atom. The van der Waals surface area contributed by atoms with Crippen molar-refractivity contribution in [2.24, 2.45) is 0 Å². The van der Waals surface area contributed by atoms with Crippen molar-refractivity contribution < 1.29 is 4.79 Å². The summed E-state index contributed by atoms with van der Waals surface area (Å²) in [5, 5.41) is 9.58. The molecule has 0 aromatic rings. The lowest BCUT2D eigenvalue weighted by Crippen LogP contribution is -2.30. The second kappa shape index (κ2) is 12.2. The lowest BCUT2D eigenvalue weighted by molar-refractivity contribution is 0.261. The van der Waals surface area contributed by atoms with Gasteiger partial charge in [0.15, 0.2) is 0 Å². The Hall–Kier alpha value is -0.260. The first-order valence-corrected chi connectivity index (χ1v) is 7.65. The molecule has 0 bridgehead atoms. The van der Waals surface area contributed by atoms with Crippen LogP contribution >= 0.6 is 11.8 Å². The first kappa shape index (κ1) is 16.7. The summed E-state index contributed by atoms with van der Waals surface area (Å²) in [6, 6.07) is 0.591. The van der Waals surface area contributed by atoms with Gasteiger partial charge in [-0.05, 0) is 32.2 Å². The van der Waals surface area contributed by atoms with Gasteiger partial charge in [0.25, 0.3) is 5.24 Å². The highest BCUT2D eigenvalue weighted by Crippen LogP contribution is 1.93. The highest BCUT2D eigenvalue weighted by molar-refractivity contribution is 8.12. The molecular formula is C12H27N3OS. The Balaban J connectivity index is 3.01. The van der Waals surface area contributed by atoms with E-state index in [4.69, 9.17) is 0 Å². The lowest BCUT2D eigenvalue weighted by atomic mass is 10.2. The molecule has 102 valence electrons. The van der Waals surface area contributed by atoms with Gasteiger partial charge in [-0.2, -0.15) is 0 Å². The summed E-state index contributed by atoms with van der Waals surface area (Å²) in [5.74, 6) is 0. The number of carbonyl (C=O) groups is 1. The molecule has 0 saturated heterocycles. The van der Waals surface area contributed by atoms with E-state index in [1.54, 1.807) is 6.26 Å². The fourth-order valence-corrected chi connectivity index (χ4v) is 1.64. The Kier molecular flexibility index (Phi) is 12.0. The van der Waals surface area contributed by atoms with Gasteiger partial charge in [-0.15, -0.1) is 0 Å². The van der Waals surface area contributed by atoms with Crippen LogP contribution in [0, 0.1) is 0 Å². The van der Waals surface area contributed by atoms with E-state index >= 15 is 0 Å². The molecule has 0 fully saturated rings. The van der Waals surface area contributed by atoms with Crippen molar-refractivity contribution in [3.63, 3.8) is 0 Å². The summed E-state index contributed by atoms with van der Waals surface area (Å²) in [5.41, 5.74) is 0. The summed E-state index contributed by atoms with van der Waals surface area (Å²) in [6.45, 7) is 8.07. The van der Waals surface area contributed by atoms with Crippen molar-refractivity contribution in [2.45, 2.75) is 39.2 Å². The van der Waals surface area contributed by atoms with E-state index in [1.165, 1.54) is 31.0 Å². The van der Waals surface area contributed by atoms with E-state index in [-0.39, 0.29) is 5.24 Å². The number of hydrogen-bond acceptors (Lipinski definition) is 4. The van der Waals surface area contributed by atoms with Gasteiger partial charge in [-0.25, -0.2) is 0 Å². The van der Waals surface area contributed by atoms with Gasteiger partial charge in [-0.1, -0.05) is 32.0 Å². The first-order valence-electron chi connectivity index (χ1n) is 6.42. The van der Waals surface area contributed by atoms with Crippen LogP contribution in [-0.4, -0.2) is 43.7 Å². The van der Waals surface area contributed by atoms with Crippen molar-refractivity contribution in [1.82, 2.24) is 16.0 Å². The molecule has 0 aliphatic carbocycles. The van der Waals surface area contributed by atoms with E-state index in [0.29, 0.717) is 12.6 Å². The SMILES string of the molecule is CSC(=O)NCCNCCCCCNC(C)C. The van der Waals surface area contributed by atoms with Crippen LogP contribution in [0.25, 0.3) is 0 Å². The molecule has 0 aromatic carbocycles. The highest BCUT2D eigenvalue weighted by atomic mass is 32.2. The summed E-state index contributed by atoms with van der Waals surface area (Å²) in [4.78, 5) is 10.9. The Morgan fingerprint density at radius 1 is 1.06 bits per heavy atom. The number of thioether (sulfide) groups is 1. The van der Waals surface area contributed by atoms with Gasteiger partial charge >= 0.3 is 0 Å². The lowest BCUT2D eigenvalue weighted by Gasteiger charge is -2.08. The van der Waals surface area contributed by atoms with Crippen molar-refractivity contribution in [2.75, 3.05) is 32.4 Å². The fraction of sp³-hybridized carbons (Fsp3) is 0.917. The minimum Gasteiger partial charge on any atom is -0.346 e. The second-order valence-corrected chi connectivity index (χ2v) is 5.12. The van der Waals surface area contributed by atoms with Gasteiger partial charge in [0.05, 0.1) is 0 Å². The molecular weight excluding hydrogens is 234 g/mol. The minimum atomic E-state index is 0.0477. The zero-order valence-electron chi connectivity index (χ0n) is 11.3. The van der Waals surface area contributed by atoms with Crippen LogP contribution in [0.2, 0.25) is 0 Å². The number of amides is 1. The fourth-order valence-electron chi connectivity index (χ4n) is 1.39. The zero-order valence-corrected chi connectivity index (χ0v) is 12.2.